The van der Waals surface area contributed by atoms with E-state index in [4.69, 9.17) is 4.74 Å². The fourth-order valence-corrected chi connectivity index (χ4v) is 2.02. The van der Waals surface area contributed by atoms with E-state index in [1.807, 2.05) is 0 Å². The molecule has 1 aliphatic rings. The molecule has 0 aliphatic carbocycles. The third-order valence-corrected chi connectivity index (χ3v) is 3.26. The minimum atomic E-state index is -4.46. The number of hydrogen-bond donors (Lipinski definition) is 1. The summed E-state index contributed by atoms with van der Waals surface area (Å²) in [6.07, 6.45) is 1.41. The van der Waals surface area contributed by atoms with Crippen LogP contribution in [0.15, 0.2) is 60.3 Å². The summed E-state index contributed by atoms with van der Waals surface area (Å²) < 4.78 is 43.8. The average molecular weight is 353 g/mol. The number of hydrazine groups is 1. The van der Waals surface area contributed by atoms with E-state index < -0.39 is 11.7 Å². The van der Waals surface area contributed by atoms with Gasteiger partial charge in [-0.2, -0.15) is 13.2 Å². The molecular formula is C17H18F3N3O2. The fraction of sp³-hybridized carbons (Fsp3) is 0.235. The van der Waals surface area contributed by atoms with Crippen LogP contribution in [0, 0.1) is 0 Å². The lowest BCUT2D eigenvalue weighted by molar-refractivity contribution is -0.137. The van der Waals surface area contributed by atoms with Crippen molar-refractivity contribution in [3.05, 3.63) is 65.8 Å². The molecule has 8 heteroatoms. The van der Waals surface area contributed by atoms with Crippen molar-refractivity contribution >= 4 is 11.5 Å². The third-order valence-electron chi connectivity index (χ3n) is 3.26. The highest BCUT2D eigenvalue weighted by Crippen LogP contribution is 2.32. The Hall–Kier alpha value is -2.90. The third kappa shape index (κ3) is 4.79. The van der Waals surface area contributed by atoms with Crippen LogP contribution in [-0.4, -0.2) is 31.9 Å². The predicted molar refractivity (Wildman–Crippen MR) is 88.1 cm³/mol. The van der Waals surface area contributed by atoms with Gasteiger partial charge in [-0.25, -0.2) is 0 Å². The molecule has 1 N–H and O–H groups in total. The zero-order chi connectivity index (χ0) is 18.6. The molecule has 0 saturated heterocycles. The van der Waals surface area contributed by atoms with Crippen LogP contribution in [0.4, 0.5) is 18.9 Å². The Labute approximate surface area is 143 Å². The first-order valence-electron chi connectivity index (χ1n) is 7.30. The second-order valence-electron chi connectivity index (χ2n) is 5.47. The highest BCUT2D eigenvalue weighted by atomic mass is 19.4. The first kappa shape index (κ1) is 18.4. The monoisotopic (exact) mass is 353 g/mol. The van der Waals surface area contributed by atoms with Crippen molar-refractivity contribution in [1.29, 1.82) is 0 Å². The van der Waals surface area contributed by atoms with Gasteiger partial charge in [0.25, 0.3) is 0 Å². The van der Waals surface area contributed by atoms with Crippen molar-refractivity contribution < 1.29 is 22.7 Å². The number of nitrogens with zero attached hydrogens (tertiary/aromatic N) is 2. The van der Waals surface area contributed by atoms with E-state index in [2.05, 4.69) is 5.43 Å². The Kier molecular flexibility index (Phi) is 5.41. The number of nitrogens with one attached hydrogen (secondary N) is 1. The Morgan fingerprint density at radius 3 is 2.64 bits per heavy atom. The van der Waals surface area contributed by atoms with Gasteiger partial charge in [0, 0.05) is 32.4 Å². The summed E-state index contributed by atoms with van der Waals surface area (Å²) in [6.45, 7) is 0. The molecule has 1 aromatic carbocycles. The molecule has 0 unspecified atom stereocenters. The second-order valence-corrected chi connectivity index (χ2v) is 5.47. The van der Waals surface area contributed by atoms with Crippen LogP contribution in [0.3, 0.4) is 0 Å². The number of halogens is 3. The maximum Gasteiger partial charge on any atom is 0.416 e. The van der Waals surface area contributed by atoms with Gasteiger partial charge in [0.05, 0.1) is 24.6 Å². The van der Waals surface area contributed by atoms with Gasteiger partial charge >= 0.3 is 6.18 Å². The molecule has 2 rings (SSSR count). The normalized spacial score (nSPS) is 14.7. The average Bonchev–Trinajstić information content (AvgIpc) is 2.58. The van der Waals surface area contributed by atoms with Gasteiger partial charge < -0.3 is 9.64 Å². The number of ether oxygens (including phenoxy) is 1. The molecule has 0 bridgehead atoms. The Balaban J connectivity index is 2.31. The summed E-state index contributed by atoms with van der Waals surface area (Å²) in [7, 11) is 4.94. The highest BCUT2D eigenvalue weighted by Gasteiger charge is 2.31. The number of allylic oxidation sites excluding steroid dienone is 2. The number of hydrogen-bond acceptors (Lipinski definition) is 5. The zero-order valence-corrected chi connectivity index (χ0v) is 14.0. The van der Waals surface area contributed by atoms with Gasteiger partial charge in [0.2, 0.25) is 5.78 Å². The van der Waals surface area contributed by atoms with E-state index in [1.54, 1.807) is 25.2 Å². The van der Waals surface area contributed by atoms with Crippen molar-refractivity contribution in [2.24, 2.45) is 0 Å². The molecule has 0 aromatic heterocycles. The number of carbonyl (C=O) groups is 1. The van der Waals surface area contributed by atoms with Gasteiger partial charge in [-0.1, -0.05) is 6.07 Å². The minimum absolute atomic E-state index is 0.176. The van der Waals surface area contributed by atoms with E-state index in [0.717, 1.165) is 12.1 Å². The Bertz CT molecular complexity index is 737. The number of methoxy groups -OCH3 is 1. The van der Waals surface area contributed by atoms with E-state index in [1.165, 1.54) is 42.6 Å². The highest BCUT2D eigenvalue weighted by molar-refractivity contribution is 6.04. The van der Waals surface area contributed by atoms with Crippen molar-refractivity contribution in [2.75, 3.05) is 26.2 Å². The molecule has 134 valence electrons. The summed E-state index contributed by atoms with van der Waals surface area (Å²) >= 11 is 0. The molecule has 5 nitrogen and oxygen atoms in total. The van der Waals surface area contributed by atoms with Gasteiger partial charge in [0.1, 0.15) is 11.5 Å². The number of alkyl halides is 3. The van der Waals surface area contributed by atoms with Crippen LogP contribution in [0.25, 0.3) is 0 Å². The number of anilines is 1. The van der Waals surface area contributed by atoms with E-state index in [9.17, 15) is 18.0 Å². The maximum atomic E-state index is 12.9. The quantitative estimate of drug-likeness (QED) is 0.825. The molecule has 25 heavy (non-hydrogen) atoms. The lowest BCUT2D eigenvalue weighted by Gasteiger charge is -2.28. The van der Waals surface area contributed by atoms with Crippen molar-refractivity contribution in [2.45, 2.75) is 6.18 Å². The lowest BCUT2D eigenvalue weighted by Crippen LogP contribution is -2.38. The van der Waals surface area contributed by atoms with Crippen LogP contribution in [0.5, 0.6) is 0 Å². The number of ketones is 1. The molecule has 0 amide bonds. The molecule has 1 heterocycles. The van der Waals surface area contributed by atoms with Crippen LogP contribution in [0.1, 0.15) is 5.56 Å². The van der Waals surface area contributed by atoms with Crippen molar-refractivity contribution in [1.82, 2.24) is 10.3 Å². The zero-order valence-electron chi connectivity index (χ0n) is 14.0. The van der Waals surface area contributed by atoms with E-state index >= 15 is 0 Å². The maximum absolute atomic E-state index is 12.9. The smallest absolute Gasteiger partial charge is 0.416 e. The Morgan fingerprint density at radius 1 is 1.32 bits per heavy atom. The predicted octanol–water partition coefficient (Wildman–Crippen LogP) is 3.05. The number of benzene rings is 1. The molecule has 0 saturated carbocycles. The number of carbonyl (C=O) groups excluding carboxylic acids is 1. The van der Waals surface area contributed by atoms with Gasteiger partial charge in [-0.3, -0.25) is 15.2 Å². The molecule has 1 aromatic rings. The minimum Gasteiger partial charge on any atom is -0.495 e. The summed E-state index contributed by atoms with van der Waals surface area (Å²) in [5.41, 5.74) is 2.40. The summed E-state index contributed by atoms with van der Waals surface area (Å²) in [6, 6.07) is 4.76. The van der Waals surface area contributed by atoms with Crippen LogP contribution >= 0.6 is 0 Å². The molecule has 0 radical (unpaired) electrons. The summed E-state index contributed by atoms with van der Waals surface area (Å²) in [5.74, 6) is -0.00825. The van der Waals surface area contributed by atoms with Crippen LogP contribution < -0.4 is 10.4 Å². The van der Waals surface area contributed by atoms with E-state index in [0.29, 0.717) is 5.76 Å². The molecule has 0 spiro atoms. The van der Waals surface area contributed by atoms with Gasteiger partial charge in [0.15, 0.2) is 0 Å². The summed E-state index contributed by atoms with van der Waals surface area (Å²) in [4.78, 5) is 13.9. The van der Waals surface area contributed by atoms with Gasteiger partial charge in [-0.05, 0) is 18.2 Å². The van der Waals surface area contributed by atoms with Crippen LogP contribution in [0.2, 0.25) is 0 Å². The standard InChI is InChI=1S/C17H18F3N3O2/c1-22(2)8-7-16(24)15-10-14(25-3)11-23(21-15)13-6-4-5-12(9-13)17(18,19)20/h4-11,21H,1-3H3. The lowest BCUT2D eigenvalue weighted by atomic mass is 10.2. The van der Waals surface area contributed by atoms with Crippen molar-refractivity contribution in [3.63, 3.8) is 0 Å². The second kappa shape index (κ2) is 7.33. The summed E-state index contributed by atoms with van der Waals surface area (Å²) in [5, 5.41) is 1.31. The first-order chi connectivity index (χ1) is 11.7. The largest absolute Gasteiger partial charge is 0.495 e. The van der Waals surface area contributed by atoms with Gasteiger partial charge in [-0.15, -0.1) is 0 Å². The van der Waals surface area contributed by atoms with E-state index in [-0.39, 0.29) is 17.2 Å². The molecule has 1 aliphatic heterocycles. The van der Waals surface area contributed by atoms with Crippen molar-refractivity contribution in [3.8, 4) is 0 Å². The fourth-order valence-electron chi connectivity index (χ4n) is 2.02. The first-order valence-corrected chi connectivity index (χ1v) is 7.30. The topological polar surface area (TPSA) is 44.8 Å². The SMILES string of the molecule is COC1=CN(c2cccc(C(F)(F)F)c2)NC(C(=O)C=CN(C)C)=C1. The number of rotatable bonds is 5. The molecule has 0 fully saturated rings. The molecule has 0 atom stereocenters. The molecular weight excluding hydrogens is 335 g/mol. The Morgan fingerprint density at radius 2 is 2.04 bits per heavy atom. The van der Waals surface area contributed by atoms with Crippen LogP contribution in [-0.2, 0) is 15.7 Å².